The van der Waals surface area contributed by atoms with Crippen molar-refractivity contribution in [1.29, 1.82) is 0 Å². The first kappa shape index (κ1) is 34.4. The molecule has 42 heavy (non-hydrogen) atoms. The van der Waals surface area contributed by atoms with Crippen molar-refractivity contribution in [3.05, 3.63) is 0 Å². The van der Waals surface area contributed by atoms with Crippen molar-refractivity contribution in [2.75, 3.05) is 20.3 Å². The van der Waals surface area contributed by atoms with Gasteiger partial charge in [0.25, 0.3) is 0 Å². The fraction of sp³-hybridized carbons (Fsp3) is 0.870. The average Bonchev–Trinajstić information content (AvgIpc) is 2.92. The second-order valence-corrected chi connectivity index (χ2v) is 10.1. The van der Waals surface area contributed by atoms with E-state index in [1.165, 1.54) is 7.11 Å². The van der Waals surface area contributed by atoms with Crippen LogP contribution in [0.15, 0.2) is 0 Å². The number of carbonyl (C=O) groups is 3. The van der Waals surface area contributed by atoms with E-state index in [4.69, 9.17) is 28.4 Å². The molecule has 0 aromatic rings. The van der Waals surface area contributed by atoms with Crippen LogP contribution < -0.4 is 10.6 Å². The first-order chi connectivity index (χ1) is 19.7. The lowest BCUT2D eigenvalue weighted by Gasteiger charge is -2.48. The SMILES string of the molecule is COC1C(CO)OC(OC2C(C(=O)O)OC(OC3C(CO)OC(O)C(NC(C)=O)C3O)C(O)C2O)C(NC(C)=O)C1O. The minimum atomic E-state index is -2.10. The molecule has 3 rings (SSSR count). The van der Waals surface area contributed by atoms with Crippen molar-refractivity contribution in [3.8, 4) is 0 Å². The summed E-state index contributed by atoms with van der Waals surface area (Å²) in [6.45, 7) is 0.704. The largest absolute Gasteiger partial charge is 0.479 e. The number of hydrogen-bond donors (Lipinski definition) is 10. The predicted octanol–water partition coefficient (Wildman–Crippen LogP) is -6.54. The van der Waals surface area contributed by atoms with Gasteiger partial charge in [-0.3, -0.25) is 9.59 Å². The van der Waals surface area contributed by atoms with Gasteiger partial charge in [-0.2, -0.15) is 0 Å². The molecule has 2 amide bonds. The van der Waals surface area contributed by atoms with E-state index >= 15 is 0 Å². The van der Waals surface area contributed by atoms with Crippen LogP contribution in [0.1, 0.15) is 13.8 Å². The molecule has 242 valence electrons. The predicted molar refractivity (Wildman–Crippen MR) is 130 cm³/mol. The van der Waals surface area contributed by atoms with Gasteiger partial charge < -0.3 is 79.9 Å². The smallest absolute Gasteiger partial charge is 0.335 e. The molecule has 15 atom stereocenters. The van der Waals surface area contributed by atoms with Gasteiger partial charge in [-0.15, -0.1) is 0 Å². The first-order valence-corrected chi connectivity index (χ1v) is 12.9. The number of aliphatic hydroxyl groups excluding tert-OH is 7. The minimum Gasteiger partial charge on any atom is -0.479 e. The van der Waals surface area contributed by atoms with E-state index in [2.05, 4.69) is 10.6 Å². The lowest BCUT2D eigenvalue weighted by molar-refractivity contribution is -0.361. The Morgan fingerprint density at radius 3 is 1.74 bits per heavy atom. The standard InChI is InChI=1S/C23H38N2O17/c1-6(28)24-10-12(30)17(9(5-27)38-21(10)36)40-23-15(33)14(32)18(19(42-23)20(34)35)41-22-11(25-7(2)29)13(31)16(37-3)8(4-26)39-22/h8-19,21-23,26-27,30-33,36H,4-5H2,1-3H3,(H,24,28)(H,25,29)(H,34,35). The summed E-state index contributed by atoms with van der Waals surface area (Å²) >= 11 is 0. The highest BCUT2D eigenvalue weighted by molar-refractivity contribution is 5.74. The maximum atomic E-state index is 12.2. The number of rotatable bonds is 10. The topological polar surface area (TPSA) is 292 Å². The monoisotopic (exact) mass is 614 g/mol. The molecule has 15 unspecified atom stereocenters. The molecule has 19 nitrogen and oxygen atoms in total. The molecule has 0 aliphatic carbocycles. The Morgan fingerprint density at radius 2 is 1.21 bits per heavy atom. The number of nitrogens with one attached hydrogen (secondary N) is 2. The normalized spacial score (nSPS) is 44.3. The molecule has 3 heterocycles. The lowest BCUT2D eigenvalue weighted by Crippen LogP contribution is -2.69. The molecular formula is C23H38N2O17. The fourth-order valence-electron chi connectivity index (χ4n) is 5.11. The van der Waals surface area contributed by atoms with E-state index < -0.39 is 123 Å². The second-order valence-electron chi connectivity index (χ2n) is 10.1. The molecule has 0 aromatic heterocycles. The van der Waals surface area contributed by atoms with Gasteiger partial charge in [-0.05, 0) is 0 Å². The van der Waals surface area contributed by atoms with Gasteiger partial charge in [0, 0.05) is 21.0 Å². The van der Waals surface area contributed by atoms with E-state index in [1.807, 2.05) is 0 Å². The Bertz CT molecular complexity index is 943. The zero-order valence-corrected chi connectivity index (χ0v) is 22.8. The Hall–Kier alpha value is -2.11. The summed E-state index contributed by atoms with van der Waals surface area (Å²) in [5.41, 5.74) is 0. The van der Waals surface area contributed by atoms with Gasteiger partial charge >= 0.3 is 5.97 Å². The molecule has 0 radical (unpaired) electrons. The third kappa shape index (κ3) is 7.33. The summed E-state index contributed by atoms with van der Waals surface area (Å²) in [7, 11) is 1.22. The van der Waals surface area contributed by atoms with E-state index in [0.29, 0.717) is 0 Å². The Kier molecular flexibility index (Phi) is 11.9. The maximum absolute atomic E-state index is 12.2. The third-order valence-electron chi connectivity index (χ3n) is 7.11. The Balaban J connectivity index is 1.84. The van der Waals surface area contributed by atoms with Crippen LogP contribution >= 0.6 is 0 Å². The maximum Gasteiger partial charge on any atom is 0.335 e. The lowest BCUT2D eigenvalue weighted by atomic mass is 9.94. The molecule has 0 bridgehead atoms. The number of aliphatic carboxylic acids is 1. The van der Waals surface area contributed by atoms with Crippen molar-refractivity contribution in [2.24, 2.45) is 0 Å². The van der Waals surface area contributed by atoms with Crippen molar-refractivity contribution in [2.45, 2.75) is 106 Å². The number of aliphatic hydroxyl groups is 7. The van der Waals surface area contributed by atoms with Crippen LogP contribution in [0, 0.1) is 0 Å². The van der Waals surface area contributed by atoms with Gasteiger partial charge in [-0.25, -0.2) is 4.79 Å². The molecule has 10 N–H and O–H groups in total. The third-order valence-corrected chi connectivity index (χ3v) is 7.11. The van der Waals surface area contributed by atoms with Crippen LogP contribution in [0.25, 0.3) is 0 Å². The number of amides is 2. The fourth-order valence-corrected chi connectivity index (χ4v) is 5.11. The average molecular weight is 615 g/mol. The molecule has 0 aromatic carbocycles. The Labute approximate surface area is 238 Å². The van der Waals surface area contributed by atoms with E-state index in [9.17, 15) is 55.2 Å². The van der Waals surface area contributed by atoms with Crippen LogP contribution in [0.5, 0.6) is 0 Å². The number of methoxy groups -OCH3 is 1. The van der Waals surface area contributed by atoms with Gasteiger partial charge in [-0.1, -0.05) is 0 Å². The Morgan fingerprint density at radius 1 is 0.690 bits per heavy atom. The molecule has 3 aliphatic rings. The van der Waals surface area contributed by atoms with Gasteiger partial charge in [0.2, 0.25) is 11.8 Å². The summed E-state index contributed by atoms with van der Waals surface area (Å²) in [5, 5.41) is 87.3. The quantitative estimate of drug-likeness (QED) is 0.109. The van der Waals surface area contributed by atoms with E-state index in [0.717, 1.165) is 13.8 Å². The number of carboxylic acids is 1. The van der Waals surface area contributed by atoms with Gasteiger partial charge in [0.15, 0.2) is 25.0 Å². The first-order valence-electron chi connectivity index (χ1n) is 12.9. The van der Waals surface area contributed by atoms with Crippen molar-refractivity contribution < 1.29 is 83.7 Å². The molecule has 19 heteroatoms. The molecule has 0 saturated carbocycles. The van der Waals surface area contributed by atoms with Crippen LogP contribution in [-0.2, 0) is 42.8 Å². The molecule has 0 spiro atoms. The van der Waals surface area contributed by atoms with Crippen LogP contribution in [0.3, 0.4) is 0 Å². The number of hydrogen-bond acceptors (Lipinski definition) is 16. The van der Waals surface area contributed by atoms with Gasteiger partial charge in [0.05, 0.1) is 13.2 Å². The highest BCUT2D eigenvalue weighted by Gasteiger charge is 2.55. The number of ether oxygens (including phenoxy) is 6. The zero-order chi connectivity index (χ0) is 31.5. The molecule has 3 aliphatic heterocycles. The molecule has 3 fully saturated rings. The minimum absolute atomic E-state index is 0.647. The van der Waals surface area contributed by atoms with E-state index in [-0.39, 0.29) is 0 Å². The number of carbonyl (C=O) groups excluding carboxylic acids is 2. The zero-order valence-electron chi connectivity index (χ0n) is 22.8. The van der Waals surface area contributed by atoms with Crippen LogP contribution in [0.2, 0.25) is 0 Å². The van der Waals surface area contributed by atoms with E-state index in [1.54, 1.807) is 0 Å². The molecule has 3 saturated heterocycles. The summed E-state index contributed by atoms with van der Waals surface area (Å²) < 4.78 is 32.5. The van der Waals surface area contributed by atoms with Crippen LogP contribution in [0.4, 0.5) is 0 Å². The van der Waals surface area contributed by atoms with Crippen molar-refractivity contribution >= 4 is 17.8 Å². The summed E-state index contributed by atoms with van der Waals surface area (Å²) in [4.78, 5) is 35.5. The van der Waals surface area contributed by atoms with Crippen molar-refractivity contribution in [1.82, 2.24) is 10.6 Å². The highest BCUT2D eigenvalue weighted by Crippen LogP contribution is 2.32. The second kappa shape index (κ2) is 14.6. The summed E-state index contributed by atoms with van der Waals surface area (Å²) in [6.07, 6.45) is -22.3. The molecular weight excluding hydrogens is 576 g/mol. The number of carboxylic acid groups (broad SMARTS) is 1. The van der Waals surface area contributed by atoms with Gasteiger partial charge in [0.1, 0.15) is 67.0 Å². The highest BCUT2D eigenvalue weighted by atomic mass is 16.7. The van der Waals surface area contributed by atoms with Crippen LogP contribution in [-0.4, -0.2) is 171 Å². The summed E-state index contributed by atoms with van der Waals surface area (Å²) in [5.74, 6) is -3.02. The van der Waals surface area contributed by atoms with Crippen molar-refractivity contribution in [3.63, 3.8) is 0 Å². The summed E-state index contributed by atoms with van der Waals surface area (Å²) in [6, 6.07) is -2.84.